The van der Waals surface area contributed by atoms with Crippen LogP contribution < -0.4 is 5.32 Å². The van der Waals surface area contributed by atoms with E-state index in [-0.39, 0.29) is 5.82 Å². The van der Waals surface area contributed by atoms with Crippen molar-refractivity contribution in [1.29, 1.82) is 0 Å². The molecule has 1 aromatic carbocycles. The Morgan fingerprint density at radius 1 is 1.06 bits per heavy atom. The molecule has 0 bridgehead atoms. The Kier molecular flexibility index (Phi) is 3.56. The van der Waals surface area contributed by atoms with Crippen LogP contribution in [0.2, 0.25) is 10.0 Å². The van der Waals surface area contributed by atoms with Gasteiger partial charge in [-0.1, -0.05) is 23.2 Å². The van der Waals surface area contributed by atoms with Crippen molar-refractivity contribution in [1.82, 2.24) is 9.97 Å². The predicted molar refractivity (Wildman–Crippen MR) is 66.4 cm³/mol. The van der Waals surface area contributed by atoms with Crippen LogP contribution in [0.5, 0.6) is 0 Å². The summed E-state index contributed by atoms with van der Waals surface area (Å²) in [4.78, 5) is 19.4. The lowest BCUT2D eigenvalue weighted by atomic mass is 10.3. The normalized spacial score (nSPS) is 10.0. The van der Waals surface area contributed by atoms with E-state index in [9.17, 15) is 4.79 Å². The van der Waals surface area contributed by atoms with Gasteiger partial charge in [0.05, 0.1) is 0 Å². The molecule has 1 aromatic heterocycles. The molecule has 0 aliphatic carbocycles. The molecule has 0 unspecified atom stereocenters. The summed E-state index contributed by atoms with van der Waals surface area (Å²) in [5.41, 5.74) is 0.500. The first-order valence-corrected chi connectivity index (χ1v) is 5.45. The highest BCUT2D eigenvalue weighted by atomic mass is 35.5. The van der Waals surface area contributed by atoms with Gasteiger partial charge in [-0.25, -0.2) is 9.97 Å². The van der Waals surface area contributed by atoms with Gasteiger partial charge in [-0.3, -0.25) is 4.79 Å². The summed E-state index contributed by atoms with van der Waals surface area (Å²) in [6.45, 7) is 0. The number of nitrogens with zero attached hydrogens (tertiary/aromatic N) is 2. The van der Waals surface area contributed by atoms with Crippen LogP contribution in [-0.2, 0) is 0 Å². The molecule has 0 fully saturated rings. The Bertz CT molecular complexity index is 525. The van der Waals surface area contributed by atoms with E-state index in [1.165, 1.54) is 12.4 Å². The van der Waals surface area contributed by atoms with Gasteiger partial charge in [0, 0.05) is 28.1 Å². The molecular weight excluding hydrogens is 261 g/mol. The highest BCUT2D eigenvalue weighted by Gasteiger charge is 2.09. The van der Waals surface area contributed by atoms with Crippen LogP contribution >= 0.6 is 23.2 Å². The molecule has 2 rings (SSSR count). The van der Waals surface area contributed by atoms with Crippen LogP contribution in [0.4, 0.5) is 5.69 Å². The lowest BCUT2D eigenvalue weighted by molar-refractivity contribution is 0.101. The highest BCUT2D eigenvalue weighted by molar-refractivity contribution is 6.35. The molecule has 86 valence electrons. The quantitative estimate of drug-likeness (QED) is 0.910. The number of carbonyl (C=O) groups excluding carboxylic acids is 1. The van der Waals surface area contributed by atoms with Gasteiger partial charge in [0.15, 0.2) is 0 Å². The Balaban J connectivity index is 2.19. The maximum Gasteiger partial charge on any atom is 0.293 e. The zero-order chi connectivity index (χ0) is 12.3. The summed E-state index contributed by atoms with van der Waals surface area (Å²) in [6, 6.07) is 6.40. The zero-order valence-corrected chi connectivity index (χ0v) is 10.0. The minimum absolute atomic E-state index is 0.0867. The summed E-state index contributed by atoms with van der Waals surface area (Å²) >= 11 is 11.6. The number of halogens is 2. The van der Waals surface area contributed by atoms with Gasteiger partial charge in [-0.15, -0.1) is 0 Å². The minimum atomic E-state index is -0.413. The van der Waals surface area contributed by atoms with Gasteiger partial charge < -0.3 is 5.32 Å². The smallest absolute Gasteiger partial charge is 0.293 e. The average Bonchev–Trinajstić information content (AvgIpc) is 2.28. The topological polar surface area (TPSA) is 54.9 Å². The molecule has 1 heterocycles. The van der Waals surface area contributed by atoms with Gasteiger partial charge in [0.25, 0.3) is 5.91 Å². The molecule has 1 amide bonds. The second-order valence-corrected chi connectivity index (χ2v) is 4.06. The molecule has 2 aromatic rings. The fourth-order valence-corrected chi connectivity index (χ4v) is 1.76. The van der Waals surface area contributed by atoms with E-state index < -0.39 is 5.91 Å². The van der Waals surface area contributed by atoms with Crippen molar-refractivity contribution < 1.29 is 4.79 Å². The number of carbonyl (C=O) groups is 1. The first-order chi connectivity index (χ1) is 8.15. The van der Waals surface area contributed by atoms with E-state index in [1.54, 1.807) is 24.3 Å². The summed E-state index contributed by atoms with van der Waals surface area (Å²) in [7, 11) is 0. The van der Waals surface area contributed by atoms with Crippen molar-refractivity contribution >= 4 is 34.8 Å². The third-order valence-corrected chi connectivity index (χ3v) is 2.33. The van der Waals surface area contributed by atoms with Crippen LogP contribution in [0.25, 0.3) is 0 Å². The molecule has 6 heteroatoms. The summed E-state index contributed by atoms with van der Waals surface area (Å²) in [5, 5.41) is 3.50. The van der Waals surface area contributed by atoms with Crippen LogP contribution in [0.1, 0.15) is 10.6 Å². The standard InChI is InChI=1S/C11H7Cl2N3O/c12-7-4-8(13)6-9(5-7)16-11(17)10-14-2-1-3-15-10/h1-6H,(H,16,17). The molecular formula is C11H7Cl2N3O. The number of amides is 1. The number of rotatable bonds is 2. The van der Waals surface area contributed by atoms with Crippen molar-refractivity contribution in [3.8, 4) is 0 Å². The Labute approximate surface area is 108 Å². The van der Waals surface area contributed by atoms with E-state index in [0.29, 0.717) is 15.7 Å². The van der Waals surface area contributed by atoms with Crippen LogP contribution in [0.15, 0.2) is 36.7 Å². The molecule has 4 nitrogen and oxygen atoms in total. The van der Waals surface area contributed by atoms with Crippen LogP contribution in [0.3, 0.4) is 0 Å². The fraction of sp³-hybridized carbons (Fsp3) is 0. The number of benzene rings is 1. The molecule has 0 saturated heterocycles. The second-order valence-electron chi connectivity index (χ2n) is 3.18. The van der Waals surface area contributed by atoms with Gasteiger partial charge in [0.2, 0.25) is 5.82 Å². The molecule has 0 radical (unpaired) electrons. The number of hydrogen-bond acceptors (Lipinski definition) is 3. The van der Waals surface area contributed by atoms with Gasteiger partial charge in [-0.05, 0) is 24.3 Å². The SMILES string of the molecule is O=C(Nc1cc(Cl)cc(Cl)c1)c1ncccn1. The van der Waals surface area contributed by atoms with Gasteiger partial charge >= 0.3 is 0 Å². The van der Waals surface area contributed by atoms with Crippen LogP contribution in [0, 0.1) is 0 Å². The van der Waals surface area contributed by atoms with Gasteiger partial charge in [0.1, 0.15) is 0 Å². The summed E-state index contributed by atoms with van der Waals surface area (Å²) in [6.07, 6.45) is 2.99. The van der Waals surface area contributed by atoms with E-state index in [1.807, 2.05) is 0 Å². The molecule has 0 saturated carbocycles. The molecule has 1 N–H and O–H groups in total. The zero-order valence-electron chi connectivity index (χ0n) is 8.52. The number of nitrogens with one attached hydrogen (secondary N) is 1. The lowest BCUT2D eigenvalue weighted by Gasteiger charge is -2.04. The van der Waals surface area contributed by atoms with Gasteiger partial charge in [-0.2, -0.15) is 0 Å². The molecule has 0 aliphatic heterocycles. The summed E-state index contributed by atoms with van der Waals surface area (Å²) < 4.78 is 0. The molecule has 0 aliphatic rings. The third-order valence-electron chi connectivity index (χ3n) is 1.89. The fourth-order valence-electron chi connectivity index (χ4n) is 1.23. The first kappa shape index (κ1) is 11.8. The monoisotopic (exact) mass is 267 g/mol. The number of hydrogen-bond donors (Lipinski definition) is 1. The molecule has 0 spiro atoms. The number of anilines is 1. The first-order valence-electron chi connectivity index (χ1n) is 4.69. The van der Waals surface area contributed by atoms with E-state index >= 15 is 0 Å². The van der Waals surface area contributed by atoms with E-state index in [2.05, 4.69) is 15.3 Å². The van der Waals surface area contributed by atoms with Crippen molar-refractivity contribution in [2.24, 2.45) is 0 Å². The Morgan fingerprint density at radius 3 is 2.24 bits per heavy atom. The van der Waals surface area contributed by atoms with Crippen molar-refractivity contribution in [2.75, 3.05) is 5.32 Å². The molecule has 0 atom stereocenters. The van der Waals surface area contributed by atoms with Crippen LogP contribution in [-0.4, -0.2) is 15.9 Å². The van der Waals surface area contributed by atoms with Crippen molar-refractivity contribution in [3.63, 3.8) is 0 Å². The third kappa shape index (κ3) is 3.15. The number of aromatic nitrogens is 2. The molecule has 17 heavy (non-hydrogen) atoms. The van der Waals surface area contributed by atoms with Crippen molar-refractivity contribution in [2.45, 2.75) is 0 Å². The largest absolute Gasteiger partial charge is 0.319 e. The maximum absolute atomic E-state index is 11.7. The van der Waals surface area contributed by atoms with E-state index in [4.69, 9.17) is 23.2 Å². The predicted octanol–water partition coefficient (Wildman–Crippen LogP) is 3.04. The average molecular weight is 268 g/mol. The lowest BCUT2D eigenvalue weighted by Crippen LogP contribution is -2.15. The van der Waals surface area contributed by atoms with E-state index in [0.717, 1.165) is 0 Å². The maximum atomic E-state index is 11.7. The summed E-state index contributed by atoms with van der Waals surface area (Å²) in [5.74, 6) is -0.326. The Morgan fingerprint density at radius 2 is 1.65 bits per heavy atom. The Hall–Kier alpha value is -1.65. The highest BCUT2D eigenvalue weighted by Crippen LogP contribution is 2.22. The minimum Gasteiger partial charge on any atom is -0.319 e. The second kappa shape index (κ2) is 5.12. The van der Waals surface area contributed by atoms with Crippen molar-refractivity contribution in [3.05, 3.63) is 52.5 Å².